The van der Waals surface area contributed by atoms with Gasteiger partial charge in [0.2, 0.25) is 5.78 Å². The largest absolute Gasteiger partial charge is 0.338 e. The minimum Gasteiger partial charge on any atom is -0.338 e. The number of ether oxygens (including phenoxy) is 1. The van der Waals surface area contributed by atoms with Crippen molar-refractivity contribution in [3.05, 3.63) is 119 Å². The SMILES string of the molecule is O=C1c2ccccc2[C@@]2(c3ccccc3)O[C@]12c1cccc2ccccc12. The maximum absolute atomic E-state index is 13.7. The molecule has 0 bridgehead atoms. The molecule has 0 unspecified atom stereocenters. The Morgan fingerprint density at radius 1 is 0.593 bits per heavy atom. The van der Waals surface area contributed by atoms with Gasteiger partial charge in [0, 0.05) is 16.7 Å². The summed E-state index contributed by atoms with van der Waals surface area (Å²) < 4.78 is 6.50. The van der Waals surface area contributed by atoms with E-state index in [9.17, 15) is 4.79 Å². The fourth-order valence-electron chi connectivity index (χ4n) is 4.82. The second-order valence-electron chi connectivity index (χ2n) is 7.23. The average Bonchev–Trinajstić information content (AvgIpc) is 3.40. The van der Waals surface area contributed by atoms with Crippen LogP contribution in [0.3, 0.4) is 0 Å². The Balaban J connectivity index is 1.71. The van der Waals surface area contributed by atoms with E-state index >= 15 is 0 Å². The molecule has 1 heterocycles. The smallest absolute Gasteiger partial charge is 0.203 e. The van der Waals surface area contributed by atoms with Crippen molar-refractivity contribution in [2.24, 2.45) is 0 Å². The number of hydrogen-bond acceptors (Lipinski definition) is 2. The van der Waals surface area contributed by atoms with Crippen LogP contribution >= 0.6 is 0 Å². The van der Waals surface area contributed by atoms with Crippen LogP contribution in [0.2, 0.25) is 0 Å². The van der Waals surface area contributed by atoms with Crippen molar-refractivity contribution in [3.63, 3.8) is 0 Å². The summed E-state index contributed by atoms with van der Waals surface area (Å²) in [5.41, 5.74) is 1.97. The molecule has 0 spiro atoms. The van der Waals surface area contributed by atoms with Crippen LogP contribution in [0.25, 0.3) is 10.8 Å². The van der Waals surface area contributed by atoms with Gasteiger partial charge in [-0.05, 0) is 16.3 Å². The highest BCUT2D eigenvalue weighted by molar-refractivity contribution is 6.14. The van der Waals surface area contributed by atoms with Crippen LogP contribution in [-0.2, 0) is 15.9 Å². The molecule has 2 aliphatic rings. The van der Waals surface area contributed by atoms with Crippen LogP contribution in [0.4, 0.5) is 0 Å². The van der Waals surface area contributed by atoms with E-state index in [1.165, 1.54) is 0 Å². The van der Waals surface area contributed by atoms with Crippen LogP contribution in [0.1, 0.15) is 27.0 Å². The summed E-state index contributed by atoms with van der Waals surface area (Å²) in [6.07, 6.45) is 0. The minimum atomic E-state index is -0.987. The molecule has 2 nitrogen and oxygen atoms in total. The average molecular weight is 348 g/mol. The summed E-state index contributed by atoms with van der Waals surface area (Å²) in [7, 11) is 0. The molecule has 27 heavy (non-hydrogen) atoms. The Kier molecular flexibility index (Phi) is 2.72. The van der Waals surface area contributed by atoms with Gasteiger partial charge in [-0.1, -0.05) is 97.1 Å². The lowest BCUT2D eigenvalue weighted by Crippen LogP contribution is -2.24. The Morgan fingerprint density at radius 3 is 2.15 bits per heavy atom. The molecule has 0 amide bonds. The summed E-state index contributed by atoms with van der Waals surface area (Å²) >= 11 is 0. The Bertz CT molecular complexity index is 1220. The number of ketones is 1. The number of carbonyl (C=O) groups is 1. The fraction of sp³-hybridized carbons (Fsp3) is 0.0800. The lowest BCUT2D eigenvalue weighted by atomic mass is 9.80. The van der Waals surface area contributed by atoms with Crippen molar-refractivity contribution in [1.29, 1.82) is 0 Å². The van der Waals surface area contributed by atoms with E-state index in [4.69, 9.17) is 4.74 Å². The molecule has 0 aromatic heterocycles. The number of benzene rings is 4. The molecule has 2 atom stereocenters. The van der Waals surface area contributed by atoms with Crippen LogP contribution in [0.15, 0.2) is 97.1 Å². The summed E-state index contributed by atoms with van der Waals surface area (Å²) in [6.45, 7) is 0. The van der Waals surface area contributed by atoms with E-state index in [1.807, 2.05) is 66.7 Å². The minimum absolute atomic E-state index is 0.0540. The number of fused-ring (bicyclic) bond motifs is 4. The predicted octanol–water partition coefficient (Wildman–Crippen LogP) is 5.21. The molecule has 128 valence electrons. The molecule has 0 radical (unpaired) electrons. The van der Waals surface area contributed by atoms with E-state index in [0.717, 1.165) is 33.0 Å². The molecule has 2 heteroatoms. The van der Waals surface area contributed by atoms with Crippen molar-refractivity contribution >= 4 is 16.6 Å². The van der Waals surface area contributed by atoms with Gasteiger partial charge < -0.3 is 4.74 Å². The topological polar surface area (TPSA) is 29.6 Å². The molecule has 4 aromatic rings. The predicted molar refractivity (Wildman–Crippen MR) is 105 cm³/mol. The van der Waals surface area contributed by atoms with Gasteiger partial charge in [-0.2, -0.15) is 0 Å². The summed E-state index contributed by atoms with van der Waals surface area (Å²) in [5, 5.41) is 2.18. The Hall–Kier alpha value is -3.23. The standard InChI is InChI=1S/C25H16O2/c26-23-20-14-6-7-15-22(20)24(18-11-2-1-3-12-18)25(23,27-24)21-16-8-10-17-9-4-5-13-19(17)21/h1-16H/t24-,25-/m1/s1. The molecule has 6 rings (SSSR count). The lowest BCUT2D eigenvalue weighted by molar-refractivity contribution is 0.0869. The first-order valence-electron chi connectivity index (χ1n) is 9.17. The zero-order chi connectivity index (χ0) is 18.1. The van der Waals surface area contributed by atoms with Gasteiger partial charge in [0.1, 0.15) is 0 Å². The first kappa shape index (κ1) is 14.9. The third kappa shape index (κ3) is 1.62. The fourth-order valence-corrected chi connectivity index (χ4v) is 4.82. The van der Waals surface area contributed by atoms with Gasteiger partial charge in [0.05, 0.1) is 0 Å². The summed E-state index contributed by atoms with van der Waals surface area (Å²) in [5.74, 6) is 0.0540. The highest BCUT2D eigenvalue weighted by atomic mass is 16.6. The summed E-state index contributed by atoms with van der Waals surface area (Å²) in [4.78, 5) is 13.7. The van der Waals surface area contributed by atoms with E-state index in [0.29, 0.717) is 0 Å². The number of carbonyl (C=O) groups excluding carboxylic acids is 1. The van der Waals surface area contributed by atoms with Crippen LogP contribution in [0, 0.1) is 0 Å². The second kappa shape index (κ2) is 4.93. The monoisotopic (exact) mass is 348 g/mol. The van der Waals surface area contributed by atoms with Crippen LogP contribution in [-0.4, -0.2) is 5.78 Å². The molecular formula is C25H16O2. The molecule has 1 fully saturated rings. The van der Waals surface area contributed by atoms with Gasteiger partial charge >= 0.3 is 0 Å². The van der Waals surface area contributed by atoms with Crippen molar-refractivity contribution < 1.29 is 9.53 Å². The molecule has 1 aliphatic carbocycles. The van der Waals surface area contributed by atoms with Crippen molar-refractivity contribution in [1.82, 2.24) is 0 Å². The van der Waals surface area contributed by atoms with Crippen LogP contribution in [0.5, 0.6) is 0 Å². The normalized spacial score (nSPS) is 25.3. The number of hydrogen-bond donors (Lipinski definition) is 0. The molecule has 0 saturated carbocycles. The molecule has 4 aromatic carbocycles. The van der Waals surface area contributed by atoms with Gasteiger partial charge in [-0.25, -0.2) is 0 Å². The van der Waals surface area contributed by atoms with Crippen molar-refractivity contribution in [2.75, 3.05) is 0 Å². The zero-order valence-corrected chi connectivity index (χ0v) is 14.6. The summed E-state index contributed by atoms with van der Waals surface area (Å²) in [6, 6.07) is 32.3. The molecule has 1 aliphatic heterocycles. The molecule has 0 N–H and O–H groups in total. The second-order valence-corrected chi connectivity index (χ2v) is 7.23. The first-order valence-corrected chi connectivity index (χ1v) is 9.17. The van der Waals surface area contributed by atoms with E-state index < -0.39 is 11.2 Å². The highest BCUT2D eigenvalue weighted by Crippen LogP contribution is 2.72. The zero-order valence-electron chi connectivity index (χ0n) is 14.6. The maximum atomic E-state index is 13.7. The third-order valence-electron chi connectivity index (χ3n) is 5.98. The van der Waals surface area contributed by atoms with Crippen molar-refractivity contribution in [3.8, 4) is 0 Å². The number of rotatable bonds is 2. The van der Waals surface area contributed by atoms with Crippen molar-refractivity contribution in [2.45, 2.75) is 11.2 Å². The van der Waals surface area contributed by atoms with Gasteiger partial charge in [-0.3, -0.25) is 4.79 Å². The quantitative estimate of drug-likeness (QED) is 0.466. The van der Waals surface area contributed by atoms with E-state index in [1.54, 1.807) is 0 Å². The Labute approximate surface area is 157 Å². The van der Waals surface area contributed by atoms with Gasteiger partial charge in [0.25, 0.3) is 0 Å². The third-order valence-corrected chi connectivity index (χ3v) is 5.98. The van der Waals surface area contributed by atoms with Gasteiger partial charge in [-0.15, -0.1) is 0 Å². The van der Waals surface area contributed by atoms with E-state index in [-0.39, 0.29) is 5.78 Å². The molecule has 1 saturated heterocycles. The van der Waals surface area contributed by atoms with Gasteiger partial charge in [0.15, 0.2) is 11.2 Å². The Morgan fingerprint density at radius 2 is 1.26 bits per heavy atom. The lowest BCUT2D eigenvalue weighted by Gasteiger charge is -2.15. The van der Waals surface area contributed by atoms with E-state index in [2.05, 4.69) is 30.3 Å². The maximum Gasteiger partial charge on any atom is 0.203 e. The first-order chi connectivity index (χ1) is 13.3. The highest BCUT2D eigenvalue weighted by Gasteiger charge is 2.81. The molecular weight excluding hydrogens is 332 g/mol. The number of Topliss-reactive ketones (excluding diaryl/α,β-unsaturated/α-hetero) is 1. The number of epoxide rings is 1. The van der Waals surface area contributed by atoms with Crippen LogP contribution < -0.4 is 0 Å².